The molecular formula is C15H22O6. The van der Waals surface area contributed by atoms with Crippen molar-refractivity contribution in [3.05, 3.63) is 12.2 Å². The van der Waals surface area contributed by atoms with E-state index in [-0.39, 0.29) is 17.8 Å². The van der Waals surface area contributed by atoms with Crippen molar-refractivity contribution in [1.29, 1.82) is 0 Å². The van der Waals surface area contributed by atoms with Crippen LogP contribution in [0.3, 0.4) is 0 Å². The van der Waals surface area contributed by atoms with E-state index in [9.17, 15) is 9.59 Å². The van der Waals surface area contributed by atoms with Gasteiger partial charge in [-0.2, -0.15) is 0 Å². The first kappa shape index (κ1) is 16.1. The number of carbonyl (C=O) groups excluding carboxylic acids is 2. The smallest absolute Gasteiger partial charge is 0.330 e. The zero-order valence-electron chi connectivity index (χ0n) is 12.8. The van der Waals surface area contributed by atoms with E-state index in [1.807, 2.05) is 13.8 Å². The Labute approximate surface area is 124 Å². The lowest BCUT2D eigenvalue weighted by Crippen LogP contribution is -2.30. The van der Waals surface area contributed by atoms with Gasteiger partial charge in [0.2, 0.25) is 0 Å². The molecule has 0 aromatic rings. The fourth-order valence-electron chi connectivity index (χ4n) is 2.71. The third-order valence-electron chi connectivity index (χ3n) is 3.46. The first-order chi connectivity index (χ1) is 9.82. The summed E-state index contributed by atoms with van der Waals surface area (Å²) in [6.45, 7) is 7.20. The molecule has 0 aromatic carbocycles. The largest absolute Gasteiger partial charge is 0.463 e. The van der Waals surface area contributed by atoms with E-state index >= 15 is 0 Å². The van der Waals surface area contributed by atoms with Gasteiger partial charge in [-0.1, -0.05) is 0 Å². The average Bonchev–Trinajstić information content (AvgIpc) is 2.80. The topological polar surface area (TPSA) is 71.1 Å². The number of ether oxygens (including phenoxy) is 4. The highest BCUT2D eigenvalue weighted by Crippen LogP contribution is 2.42. The van der Waals surface area contributed by atoms with Gasteiger partial charge in [0, 0.05) is 18.4 Å². The van der Waals surface area contributed by atoms with E-state index in [4.69, 9.17) is 18.9 Å². The molecule has 0 saturated carbocycles. The lowest BCUT2D eigenvalue weighted by atomic mass is 9.92. The first-order valence-electron chi connectivity index (χ1n) is 7.18. The number of hydrogen-bond donors (Lipinski definition) is 0. The van der Waals surface area contributed by atoms with Crippen molar-refractivity contribution in [2.24, 2.45) is 5.92 Å². The number of rotatable bonds is 5. The predicted octanol–water partition coefficient (Wildman–Crippen LogP) is 1.58. The molecule has 6 nitrogen and oxygen atoms in total. The van der Waals surface area contributed by atoms with Crippen LogP contribution < -0.4 is 0 Å². The van der Waals surface area contributed by atoms with Crippen molar-refractivity contribution in [2.45, 2.75) is 58.4 Å². The van der Waals surface area contributed by atoms with Gasteiger partial charge in [-0.25, -0.2) is 4.79 Å². The molecule has 0 N–H and O–H groups in total. The molecule has 0 aromatic heterocycles. The highest BCUT2D eigenvalue weighted by molar-refractivity contribution is 5.82. The molecule has 2 fully saturated rings. The van der Waals surface area contributed by atoms with E-state index in [2.05, 4.69) is 0 Å². The molecule has 0 bridgehead atoms. The minimum Gasteiger partial charge on any atom is -0.463 e. The van der Waals surface area contributed by atoms with Crippen LogP contribution in [0, 0.1) is 5.92 Å². The van der Waals surface area contributed by atoms with Crippen molar-refractivity contribution >= 4 is 11.8 Å². The molecule has 6 heteroatoms. The Morgan fingerprint density at radius 2 is 2.00 bits per heavy atom. The van der Waals surface area contributed by atoms with Crippen LogP contribution in [-0.4, -0.2) is 42.6 Å². The molecule has 2 rings (SSSR count). The van der Waals surface area contributed by atoms with Crippen molar-refractivity contribution in [3.8, 4) is 0 Å². The maximum atomic E-state index is 11.5. The number of Topliss-reactive ketones (excluding diaryl/α,β-unsaturated/α-hetero) is 1. The third kappa shape index (κ3) is 3.90. The second-order valence-corrected chi connectivity index (χ2v) is 5.75. The van der Waals surface area contributed by atoms with Crippen LogP contribution in [0.4, 0.5) is 0 Å². The zero-order valence-corrected chi connectivity index (χ0v) is 12.8. The lowest BCUT2D eigenvalue weighted by molar-refractivity contribution is -0.205. The minimum absolute atomic E-state index is 0.0482. The number of esters is 1. The molecule has 4 atom stereocenters. The van der Waals surface area contributed by atoms with Crippen LogP contribution in [0.1, 0.15) is 34.1 Å². The van der Waals surface area contributed by atoms with E-state index in [1.165, 1.54) is 13.0 Å². The van der Waals surface area contributed by atoms with Crippen molar-refractivity contribution in [2.75, 3.05) is 6.61 Å². The standard InChI is InChI=1S/C15H22O6/c1-5-18-12(17)7-6-11-10(8-9(2)16)13-14(19-11)21-15(3,4)20-13/h6-7,10-11,13-14H,5,8H2,1-4H3/b7-6+/t10-,11-,13-,14-/m1/s1. The predicted molar refractivity (Wildman–Crippen MR) is 73.3 cm³/mol. The molecule has 2 saturated heterocycles. The van der Waals surface area contributed by atoms with Gasteiger partial charge in [0.05, 0.1) is 12.7 Å². The third-order valence-corrected chi connectivity index (χ3v) is 3.46. The number of carbonyl (C=O) groups is 2. The quantitative estimate of drug-likeness (QED) is 0.567. The van der Waals surface area contributed by atoms with Crippen molar-refractivity contribution < 1.29 is 28.5 Å². The molecule has 21 heavy (non-hydrogen) atoms. The van der Waals surface area contributed by atoms with Gasteiger partial charge in [0.25, 0.3) is 0 Å². The number of fused-ring (bicyclic) bond motifs is 1. The molecule has 0 amide bonds. The van der Waals surface area contributed by atoms with Gasteiger partial charge in [-0.3, -0.25) is 0 Å². The highest BCUT2D eigenvalue weighted by atomic mass is 16.8. The molecule has 0 spiro atoms. The Bertz CT molecular complexity index is 441. The Morgan fingerprint density at radius 3 is 2.62 bits per heavy atom. The maximum absolute atomic E-state index is 11.5. The number of hydrogen-bond acceptors (Lipinski definition) is 6. The summed E-state index contributed by atoms with van der Waals surface area (Å²) in [5, 5.41) is 0. The van der Waals surface area contributed by atoms with Gasteiger partial charge in [0.1, 0.15) is 11.9 Å². The Hall–Kier alpha value is -1.24. The van der Waals surface area contributed by atoms with Crippen LogP contribution in [0.5, 0.6) is 0 Å². The summed E-state index contributed by atoms with van der Waals surface area (Å²) in [5.74, 6) is -1.27. The Kier molecular flexibility index (Phi) is 4.81. The van der Waals surface area contributed by atoms with E-state index in [0.717, 1.165) is 0 Å². The molecule has 2 heterocycles. The van der Waals surface area contributed by atoms with Crippen LogP contribution >= 0.6 is 0 Å². The molecular weight excluding hydrogens is 276 g/mol. The van der Waals surface area contributed by atoms with Gasteiger partial charge in [-0.05, 0) is 33.8 Å². The van der Waals surface area contributed by atoms with Crippen LogP contribution in [0.2, 0.25) is 0 Å². The van der Waals surface area contributed by atoms with Gasteiger partial charge in [0.15, 0.2) is 12.1 Å². The monoisotopic (exact) mass is 298 g/mol. The minimum atomic E-state index is -0.722. The second kappa shape index (κ2) is 6.25. The SMILES string of the molecule is CCOC(=O)/C=C/[C@H]1O[C@@H]2OC(C)(C)O[C@@H]2[C@@H]1CC(C)=O. The summed E-state index contributed by atoms with van der Waals surface area (Å²) in [6.07, 6.45) is 2.04. The molecule has 0 unspecified atom stereocenters. The van der Waals surface area contributed by atoms with E-state index in [0.29, 0.717) is 13.0 Å². The molecule has 118 valence electrons. The summed E-state index contributed by atoms with van der Waals surface area (Å²) in [4.78, 5) is 22.9. The fraction of sp³-hybridized carbons (Fsp3) is 0.733. The summed E-state index contributed by atoms with van der Waals surface area (Å²) in [5.41, 5.74) is 0. The average molecular weight is 298 g/mol. The summed E-state index contributed by atoms with van der Waals surface area (Å²) >= 11 is 0. The Balaban J connectivity index is 2.08. The maximum Gasteiger partial charge on any atom is 0.330 e. The zero-order chi connectivity index (χ0) is 15.6. The lowest BCUT2D eigenvalue weighted by Gasteiger charge is -2.23. The molecule has 0 aliphatic carbocycles. The van der Waals surface area contributed by atoms with E-state index < -0.39 is 24.2 Å². The highest BCUT2D eigenvalue weighted by Gasteiger charge is 2.54. The Morgan fingerprint density at radius 1 is 1.29 bits per heavy atom. The van der Waals surface area contributed by atoms with Crippen LogP contribution in [0.15, 0.2) is 12.2 Å². The summed E-state index contributed by atoms with van der Waals surface area (Å²) < 4.78 is 22.1. The summed E-state index contributed by atoms with van der Waals surface area (Å²) in [7, 11) is 0. The first-order valence-corrected chi connectivity index (χ1v) is 7.18. The van der Waals surface area contributed by atoms with E-state index in [1.54, 1.807) is 13.0 Å². The second-order valence-electron chi connectivity index (χ2n) is 5.75. The van der Waals surface area contributed by atoms with Crippen molar-refractivity contribution in [1.82, 2.24) is 0 Å². The van der Waals surface area contributed by atoms with Crippen LogP contribution in [-0.2, 0) is 28.5 Å². The van der Waals surface area contributed by atoms with Crippen molar-refractivity contribution in [3.63, 3.8) is 0 Å². The molecule has 0 radical (unpaired) electrons. The van der Waals surface area contributed by atoms with Gasteiger partial charge < -0.3 is 23.7 Å². The molecule has 2 aliphatic rings. The van der Waals surface area contributed by atoms with Gasteiger partial charge >= 0.3 is 5.97 Å². The van der Waals surface area contributed by atoms with Crippen LogP contribution in [0.25, 0.3) is 0 Å². The fourth-order valence-corrected chi connectivity index (χ4v) is 2.71. The molecule has 2 aliphatic heterocycles. The van der Waals surface area contributed by atoms with Gasteiger partial charge in [-0.15, -0.1) is 0 Å². The summed E-state index contributed by atoms with van der Waals surface area (Å²) in [6, 6.07) is 0. The normalized spacial score (nSPS) is 34.1. The number of ketones is 1.